The summed E-state index contributed by atoms with van der Waals surface area (Å²) in [6, 6.07) is 0.539. The lowest BCUT2D eigenvalue weighted by Crippen LogP contribution is -2.39. The van der Waals surface area contributed by atoms with E-state index in [1.54, 1.807) is 0 Å². The van der Waals surface area contributed by atoms with Crippen LogP contribution in [0.4, 0.5) is 10.2 Å². The number of nitrogens with two attached hydrogens (primary N) is 1. The van der Waals surface area contributed by atoms with Gasteiger partial charge in [-0.25, -0.2) is 9.97 Å². The summed E-state index contributed by atoms with van der Waals surface area (Å²) in [5.74, 6) is -0.899. The van der Waals surface area contributed by atoms with Gasteiger partial charge in [-0.05, 0) is 5.92 Å². The summed E-state index contributed by atoms with van der Waals surface area (Å²) >= 11 is 0. The number of carbonyl (C=O) groups excluding carboxylic acids is 1. The second kappa shape index (κ2) is 4.68. The standard InChI is InChI=1S/C9H13FN4O/c1-5(2)8(9(11)15)14-7-3-6(10)12-4-13-7/h3-5,8H,1-2H3,(H2,11,15)(H,12,13,14). The van der Waals surface area contributed by atoms with Crippen LogP contribution in [0.1, 0.15) is 13.8 Å². The van der Waals surface area contributed by atoms with E-state index in [0.29, 0.717) is 0 Å². The lowest BCUT2D eigenvalue weighted by molar-refractivity contribution is -0.119. The molecule has 0 radical (unpaired) electrons. The zero-order chi connectivity index (χ0) is 11.4. The molecular formula is C9H13FN4O. The number of nitrogens with zero attached hydrogens (tertiary/aromatic N) is 2. The molecule has 0 spiro atoms. The molecule has 0 aromatic carbocycles. The van der Waals surface area contributed by atoms with Crippen LogP contribution in [0, 0.1) is 11.9 Å². The highest BCUT2D eigenvalue weighted by Gasteiger charge is 2.19. The van der Waals surface area contributed by atoms with Crippen molar-refractivity contribution in [3.8, 4) is 0 Å². The first-order valence-electron chi connectivity index (χ1n) is 4.54. The Balaban J connectivity index is 2.79. The quantitative estimate of drug-likeness (QED) is 0.714. The van der Waals surface area contributed by atoms with Gasteiger partial charge in [0.1, 0.15) is 18.2 Å². The predicted molar refractivity (Wildman–Crippen MR) is 53.4 cm³/mol. The van der Waals surface area contributed by atoms with Crippen LogP contribution >= 0.6 is 0 Å². The molecule has 0 saturated heterocycles. The minimum Gasteiger partial charge on any atom is -0.368 e. The van der Waals surface area contributed by atoms with E-state index in [-0.39, 0.29) is 11.7 Å². The average molecular weight is 212 g/mol. The molecule has 0 aliphatic rings. The molecule has 1 heterocycles. The Hall–Kier alpha value is -1.72. The monoisotopic (exact) mass is 212 g/mol. The van der Waals surface area contributed by atoms with Gasteiger partial charge >= 0.3 is 0 Å². The van der Waals surface area contributed by atoms with Gasteiger partial charge in [0, 0.05) is 6.07 Å². The number of nitrogens with one attached hydrogen (secondary N) is 1. The van der Waals surface area contributed by atoms with Crippen LogP contribution in [0.5, 0.6) is 0 Å². The fraction of sp³-hybridized carbons (Fsp3) is 0.444. The second-order valence-electron chi connectivity index (χ2n) is 3.49. The summed E-state index contributed by atoms with van der Waals surface area (Å²) in [5.41, 5.74) is 5.18. The first-order chi connectivity index (χ1) is 7.00. The van der Waals surface area contributed by atoms with Crippen LogP contribution < -0.4 is 11.1 Å². The van der Waals surface area contributed by atoms with Crippen molar-refractivity contribution in [3.63, 3.8) is 0 Å². The predicted octanol–water partition coefficient (Wildman–Crippen LogP) is 0.537. The van der Waals surface area contributed by atoms with Crippen LogP contribution in [-0.2, 0) is 4.79 Å². The third-order valence-corrected chi connectivity index (χ3v) is 1.91. The molecule has 5 nitrogen and oxygen atoms in total. The van der Waals surface area contributed by atoms with Crippen molar-refractivity contribution in [2.45, 2.75) is 19.9 Å². The highest BCUT2D eigenvalue weighted by molar-refractivity contribution is 5.82. The van der Waals surface area contributed by atoms with E-state index in [1.165, 1.54) is 0 Å². The molecule has 1 rings (SSSR count). The van der Waals surface area contributed by atoms with Crippen LogP contribution in [-0.4, -0.2) is 21.9 Å². The molecule has 6 heteroatoms. The average Bonchev–Trinajstić information content (AvgIpc) is 2.13. The highest BCUT2D eigenvalue weighted by Crippen LogP contribution is 2.09. The molecule has 0 aliphatic carbocycles. The number of halogens is 1. The molecule has 0 bridgehead atoms. The Morgan fingerprint density at radius 3 is 2.67 bits per heavy atom. The number of amides is 1. The summed E-state index contributed by atoms with van der Waals surface area (Å²) in [5, 5.41) is 2.75. The molecule has 1 aromatic heterocycles. The van der Waals surface area contributed by atoms with Crippen molar-refractivity contribution >= 4 is 11.7 Å². The van der Waals surface area contributed by atoms with Gasteiger partial charge < -0.3 is 11.1 Å². The molecular weight excluding hydrogens is 199 g/mol. The van der Waals surface area contributed by atoms with Crippen molar-refractivity contribution in [2.75, 3.05) is 5.32 Å². The first-order valence-corrected chi connectivity index (χ1v) is 4.54. The number of carbonyl (C=O) groups is 1. The van der Waals surface area contributed by atoms with E-state index in [1.807, 2.05) is 13.8 Å². The zero-order valence-electron chi connectivity index (χ0n) is 8.57. The smallest absolute Gasteiger partial charge is 0.240 e. The maximum atomic E-state index is 12.7. The Labute approximate surface area is 86.9 Å². The van der Waals surface area contributed by atoms with Gasteiger partial charge in [-0.2, -0.15) is 4.39 Å². The zero-order valence-corrected chi connectivity index (χ0v) is 8.57. The fourth-order valence-corrected chi connectivity index (χ4v) is 1.14. The van der Waals surface area contributed by atoms with Gasteiger partial charge in [-0.1, -0.05) is 13.8 Å². The number of hydrogen-bond donors (Lipinski definition) is 2. The van der Waals surface area contributed by atoms with Crippen molar-refractivity contribution < 1.29 is 9.18 Å². The van der Waals surface area contributed by atoms with Crippen molar-refractivity contribution in [3.05, 3.63) is 18.3 Å². The molecule has 1 amide bonds. The summed E-state index contributed by atoms with van der Waals surface area (Å²) in [6.07, 6.45) is 1.08. The third-order valence-electron chi connectivity index (χ3n) is 1.91. The van der Waals surface area contributed by atoms with Crippen molar-refractivity contribution in [1.82, 2.24) is 9.97 Å². The normalized spacial score (nSPS) is 12.5. The SMILES string of the molecule is CC(C)C(Nc1cc(F)ncn1)C(N)=O. The second-order valence-corrected chi connectivity index (χ2v) is 3.49. The van der Waals surface area contributed by atoms with Crippen LogP contribution in [0.3, 0.4) is 0 Å². The molecule has 1 unspecified atom stereocenters. The molecule has 82 valence electrons. The molecule has 0 saturated carbocycles. The Morgan fingerprint density at radius 2 is 2.20 bits per heavy atom. The highest BCUT2D eigenvalue weighted by atomic mass is 19.1. The topological polar surface area (TPSA) is 80.9 Å². The number of hydrogen-bond acceptors (Lipinski definition) is 4. The lowest BCUT2D eigenvalue weighted by Gasteiger charge is -2.19. The molecule has 1 aromatic rings. The van der Waals surface area contributed by atoms with Gasteiger partial charge in [0.05, 0.1) is 0 Å². The fourth-order valence-electron chi connectivity index (χ4n) is 1.14. The van der Waals surface area contributed by atoms with Gasteiger partial charge in [0.2, 0.25) is 11.9 Å². The van der Waals surface area contributed by atoms with E-state index in [2.05, 4.69) is 15.3 Å². The van der Waals surface area contributed by atoms with E-state index in [0.717, 1.165) is 12.4 Å². The Bertz CT molecular complexity index is 356. The molecule has 15 heavy (non-hydrogen) atoms. The van der Waals surface area contributed by atoms with Crippen molar-refractivity contribution in [2.24, 2.45) is 11.7 Å². The van der Waals surface area contributed by atoms with Gasteiger partial charge in [0.15, 0.2) is 0 Å². The third kappa shape index (κ3) is 3.16. The molecule has 0 aliphatic heterocycles. The summed E-state index contributed by atoms with van der Waals surface area (Å²) in [4.78, 5) is 18.1. The van der Waals surface area contributed by atoms with E-state index in [4.69, 9.17) is 5.73 Å². The Kier molecular flexibility index (Phi) is 3.54. The van der Waals surface area contributed by atoms with Crippen LogP contribution in [0.15, 0.2) is 12.4 Å². The summed E-state index contributed by atoms with van der Waals surface area (Å²) < 4.78 is 12.7. The number of rotatable bonds is 4. The van der Waals surface area contributed by atoms with Gasteiger partial charge in [0.25, 0.3) is 0 Å². The number of anilines is 1. The van der Waals surface area contributed by atoms with Gasteiger partial charge in [-0.15, -0.1) is 0 Å². The lowest BCUT2D eigenvalue weighted by atomic mass is 10.0. The Morgan fingerprint density at radius 1 is 1.53 bits per heavy atom. The largest absolute Gasteiger partial charge is 0.368 e. The summed E-state index contributed by atoms with van der Waals surface area (Å²) in [7, 11) is 0. The van der Waals surface area contributed by atoms with E-state index >= 15 is 0 Å². The van der Waals surface area contributed by atoms with E-state index in [9.17, 15) is 9.18 Å². The van der Waals surface area contributed by atoms with Crippen LogP contribution in [0.2, 0.25) is 0 Å². The van der Waals surface area contributed by atoms with E-state index < -0.39 is 17.9 Å². The maximum absolute atomic E-state index is 12.7. The van der Waals surface area contributed by atoms with Gasteiger partial charge in [-0.3, -0.25) is 4.79 Å². The summed E-state index contributed by atoms with van der Waals surface area (Å²) in [6.45, 7) is 3.67. The van der Waals surface area contributed by atoms with Crippen molar-refractivity contribution in [1.29, 1.82) is 0 Å². The first kappa shape index (κ1) is 11.4. The van der Waals surface area contributed by atoms with Crippen LogP contribution in [0.25, 0.3) is 0 Å². The molecule has 1 atom stereocenters. The number of aromatic nitrogens is 2. The minimum atomic E-state index is -0.653. The number of primary amides is 1. The minimum absolute atomic E-state index is 0.000488. The molecule has 3 N–H and O–H groups in total. The maximum Gasteiger partial charge on any atom is 0.240 e. The molecule has 0 fully saturated rings.